The largest absolute Gasteiger partial charge is 0.0984 e. The lowest BCUT2D eigenvalue weighted by Gasteiger charge is -2.26. The Labute approximate surface area is 433 Å². The smallest absolute Gasteiger partial charge is 0.000110 e. The van der Waals surface area contributed by atoms with Crippen LogP contribution < -0.4 is 10.4 Å². The van der Waals surface area contributed by atoms with Crippen LogP contribution in [0.4, 0.5) is 0 Å². The highest BCUT2D eigenvalue weighted by Gasteiger charge is 2.30. The molecule has 0 N–H and O–H groups in total. The van der Waals surface area contributed by atoms with Gasteiger partial charge in [0.15, 0.2) is 0 Å². The summed E-state index contributed by atoms with van der Waals surface area (Å²) in [5, 5.41) is 18.4. The maximum absolute atomic E-state index is 4.49. The molecule has 11 rings (SSSR count). The first kappa shape index (κ1) is 48.0. The van der Waals surface area contributed by atoms with Crippen LogP contribution in [0.3, 0.4) is 0 Å². The second-order valence-corrected chi connectivity index (χ2v) is 24.3. The van der Waals surface area contributed by atoms with E-state index in [1.165, 1.54) is 136 Å². The van der Waals surface area contributed by atoms with Crippen molar-refractivity contribution in [3.05, 3.63) is 214 Å². The van der Waals surface area contributed by atoms with Crippen LogP contribution >= 0.6 is 0 Å². The van der Waals surface area contributed by atoms with Gasteiger partial charge in [-0.2, -0.15) is 0 Å². The Bertz CT molecular complexity index is 4090. The van der Waals surface area contributed by atoms with E-state index in [9.17, 15) is 0 Å². The number of allylic oxidation sites excluding steroid dienone is 6. The average Bonchev–Trinajstić information content (AvgIpc) is 4.02. The van der Waals surface area contributed by atoms with Gasteiger partial charge >= 0.3 is 0 Å². The van der Waals surface area contributed by atoms with E-state index in [-0.39, 0.29) is 16.2 Å². The quantitative estimate of drug-likeness (QED) is 0.0999. The lowest BCUT2D eigenvalue weighted by atomic mass is 9.78. The van der Waals surface area contributed by atoms with Gasteiger partial charge in [-0.05, 0) is 195 Å². The van der Waals surface area contributed by atoms with Gasteiger partial charge < -0.3 is 0 Å². The van der Waals surface area contributed by atoms with Crippen molar-refractivity contribution in [2.75, 3.05) is 0 Å². The molecule has 0 nitrogen and oxygen atoms in total. The third-order valence-corrected chi connectivity index (χ3v) is 16.0. The zero-order valence-corrected chi connectivity index (χ0v) is 45.3. The van der Waals surface area contributed by atoms with E-state index < -0.39 is 0 Å². The van der Waals surface area contributed by atoms with E-state index in [2.05, 4.69) is 254 Å². The van der Waals surface area contributed by atoms with Gasteiger partial charge in [0.05, 0.1) is 0 Å². The van der Waals surface area contributed by atoms with Gasteiger partial charge in [-0.25, -0.2) is 0 Å². The van der Waals surface area contributed by atoms with Gasteiger partial charge in [-0.3, -0.25) is 0 Å². The topological polar surface area (TPSA) is 0 Å². The average molecular weight is 947 g/mol. The van der Waals surface area contributed by atoms with Gasteiger partial charge in [0.1, 0.15) is 0 Å². The van der Waals surface area contributed by atoms with Crippen molar-refractivity contribution < 1.29 is 0 Å². The molecule has 0 heteroatoms. The van der Waals surface area contributed by atoms with Crippen molar-refractivity contribution in [3.63, 3.8) is 0 Å². The zero-order chi connectivity index (χ0) is 51.5. The Morgan fingerprint density at radius 2 is 0.986 bits per heavy atom. The fourth-order valence-corrected chi connectivity index (χ4v) is 12.3. The summed E-state index contributed by atoms with van der Waals surface area (Å²) >= 11 is 0. The third kappa shape index (κ3) is 7.80. The first-order valence-corrected chi connectivity index (χ1v) is 26.6. The maximum Gasteiger partial charge on any atom is -0.000110 e. The van der Waals surface area contributed by atoms with E-state index in [4.69, 9.17) is 0 Å². The van der Waals surface area contributed by atoms with Crippen LogP contribution in [-0.4, -0.2) is 0 Å². The Morgan fingerprint density at radius 3 is 1.48 bits per heavy atom. The number of rotatable bonds is 9. The first-order chi connectivity index (χ1) is 34.8. The van der Waals surface area contributed by atoms with Crippen LogP contribution in [0.5, 0.6) is 0 Å². The van der Waals surface area contributed by atoms with Crippen molar-refractivity contribution in [1.82, 2.24) is 0 Å². The number of benzene rings is 8. The summed E-state index contributed by atoms with van der Waals surface area (Å²) in [6, 6.07) is 48.7. The first-order valence-electron chi connectivity index (χ1n) is 26.6. The molecule has 0 aromatic heterocycles. The Kier molecular flexibility index (Phi) is 11.5. The molecule has 0 bridgehead atoms. The summed E-state index contributed by atoms with van der Waals surface area (Å²) in [7, 11) is 0. The predicted octanol–water partition coefficient (Wildman–Crippen LogP) is 19.6. The molecule has 10 aromatic carbocycles. The van der Waals surface area contributed by atoms with Crippen molar-refractivity contribution in [2.24, 2.45) is 11.3 Å². The third-order valence-electron chi connectivity index (χ3n) is 16.0. The lowest BCUT2D eigenvalue weighted by molar-refractivity contribution is 0.544. The van der Waals surface area contributed by atoms with Gasteiger partial charge in [-0.1, -0.05) is 241 Å². The molecule has 0 heterocycles. The van der Waals surface area contributed by atoms with Crippen molar-refractivity contribution >= 4 is 87.9 Å². The molecular weight excluding hydrogens is 877 g/mol. The fraction of sp³-hybridized carbons (Fsp3) is 0.233. The normalized spacial score (nSPS) is 14.3. The highest BCUT2D eigenvalue weighted by Crippen LogP contribution is 2.53. The van der Waals surface area contributed by atoms with Crippen molar-refractivity contribution in [2.45, 2.75) is 100 Å². The van der Waals surface area contributed by atoms with Gasteiger partial charge in [-0.15, -0.1) is 0 Å². The summed E-state index contributed by atoms with van der Waals surface area (Å²) < 4.78 is 0. The minimum atomic E-state index is -0.0168. The molecule has 0 unspecified atom stereocenters. The van der Waals surface area contributed by atoms with E-state index in [1.54, 1.807) is 0 Å². The van der Waals surface area contributed by atoms with E-state index in [1.807, 2.05) is 6.08 Å². The van der Waals surface area contributed by atoms with E-state index >= 15 is 0 Å². The van der Waals surface area contributed by atoms with Crippen molar-refractivity contribution in [3.8, 4) is 22.3 Å². The standard InChI is InChI=1S/C73H70/c1-15-44(43(4)5)36-47(34-35-71(6,7)8)57-40-58(48-37-49(72(9,10)11)39-50(38-48)73(12,13)14)67-55-32-24-30-53-60-42-62-66-54(59(60)41-61(65(53)55)68(57)67)31-25-33-56(66)69-63(45-26-20-18-21-27-45)51(16-2)52(17-3)64(70(62)69)46-28-22-19-23-29-46/h15-39,41-43H,2-3,40H2,1,4-14H3/b35-34+,44-15+,47-36+. The molecule has 0 aliphatic heterocycles. The summed E-state index contributed by atoms with van der Waals surface area (Å²) in [4.78, 5) is 0. The van der Waals surface area contributed by atoms with Gasteiger partial charge in [0, 0.05) is 0 Å². The molecule has 0 atom stereocenters. The Morgan fingerprint density at radius 1 is 0.493 bits per heavy atom. The Hall–Kier alpha value is -7.28. The molecule has 1 aliphatic rings. The summed E-state index contributed by atoms with van der Waals surface area (Å²) in [5.41, 5.74) is 16.6. The molecule has 0 saturated carbocycles. The molecule has 0 amide bonds. The fourth-order valence-electron chi connectivity index (χ4n) is 12.3. The van der Waals surface area contributed by atoms with Crippen LogP contribution in [0.15, 0.2) is 176 Å². The van der Waals surface area contributed by atoms with Crippen LogP contribution in [0.2, 0.25) is 0 Å². The molecule has 0 fully saturated rings. The Balaban J connectivity index is 1.37. The molecule has 362 valence electrons. The molecule has 0 saturated heterocycles. The second-order valence-electron chi connectivity index (χ2n) is 24.3. The zero-order valence-electron chi connectivity index (χ0n) is 45.3. The summed E-state index contributed by atoms with van der Waals surface area (Å²) in [6.07, 6.45) is 14.6. The molecule has 1 aliphatic carbocycles. The van der Waals surface area contributed by atoms with Crippen LogP contribution in [-0.2, 0) is 10.8 Å². The highest BCUT2D eigenvalue weighted by molar-refractivity contribution is 6.42. The second kappa shape index (κ2) is 17.4. The number of hydrogen-bond acceptors (Lipinski definition) is 0. The summed E-state index contributed by atoms with van der Waals surface area (Å²) in [5.74, 6) is 0.385. The number of fused-ring (bicyclic) bond motifs is 9. The highest BCUT2D eigenvalue weighted by atomic mass is 14.3. The molecule has 0 spiro atoms. The molecule has 0 radical (unpaired) electrons. The summed E-state index contributed by atoms with van der Waals surface area (Å²) in [6.45, 7) is 36.9. The SMILES string of the molecule is C=Cc1c(C=C)c(-c2ccccc2)c2c3cc4c(cc5c6c(c7cccc4c57)=C(c4cc(C(C)(C)C)cc(C(C)(C)C)c4)CC=6C(/C=C/C(C)(C)C)=C/C(=C\C)C(C)C)c4cccc(c2c1-c1ccccc1)c43. The minimum absolute atomic E-state index is 0.00520. The molecular formula is C73H70. The van der Waals surface area contributed by atoms with Crippen molar-refractivity contribution in [1.29, 1.82) is 0 Å². The van der Waals surface area contributed by atoms with Crippen LogP contribution in [0.25, 0.3) is 110 Å². The monoisotopic (exact) mass is 947 g/mol. The maximum atomic E-state index is 4.49. The molecule has 10 aromatic rings. The van der Waals surface area contributed by atoms with Gasteiger partial charge in [0.25, 0.3) is 0 Å². The number of hydrogen-bond donors (Lipinski definition) is 0. The van der Waals surface area contributed by atoms with Crippen LogP contribution in [0.1, 0.15) is 117 Å². The molecule has 73 heavy (non-hydrogen) atoms. The van der Waals surface area contributed by atoms with E-state index in [0.29, 0.717) is 5.92 Å². The predicted molar refractivity (Wildman–Crippen MR) is 324 cm³/mol. The minimum Gasteiger partial charge on any atom is -0.0984 e. The van der Waals surface area contributed by atoms with Gasteiger partial charge in [0.2, 0.25) is 0 Å². The van der Waals surface area contributed by atoms with Crippen LogP contribution in [0, 0.1) is 11.3 Å². The van der Waals surface area contributed by atoms with E-state index in [0.717, 1.165) is 17.5 Å². The lowest BCUT2D eigenvalue weighted by Crippen LogP contribution is -2.22.